The maximum Gasteiger partial charge on any atom is 0.190 e. The Hall–Kier alpha value is -1.15. The Bertz CT molecular complexity index is 507. The van der Waals surface area contributed by atoms with Crippen molar-refractivity contribution < 1.29 is 4.48 Å². The predicted octanol–water partition coefficient (Wildman–Crippen LogP) is 8.68. The molecule has 0 aliphatic rings. The molecule has 0 bridgehead atoms. The second-order valence-corrected chi connectivity index (χ2v) is 9.44. The Morgan fingerprint density at radius 2 is 1.17 bits per heavy atom. The van der Waals surface area contributed by atoms with Crippen LogP contribution in [0.3, 0.4) is 0 Å². The molecule has 0 aliphatic carbocycles. The van der Waals surface area contributed by atoms with Crippen LogP contribution in [0.5, 0.6) is 0 Å². The van der Waals surface area contributed by atoms with Crippen LogP contribution in [-0.4, -0.2) is 31.0 Å². The van der Waals surface area contributed by atoms with Gasteiger partial charge in [-0.25, -0.2) is 4.99 Å². The molecule has 0 aliphatic heterocycles. The zero-order valence-corrected chi connectivity index (χ0v) is 20.0. The Morgan fingerprint density at radius 1 is 0.724 bits per heavy atom. The Morgan fingerprint density at radius 3 is 1.66 bits per heavy atom. The molecule has 0 radical (unpaired) electrons. The summed E-state index contributed by atoms with van der Waals surface area (Å²) in [5, 5.41) is 0. The fourth-order valence-corrected chi connectivity index (χ4v) is 3.81. The Balaban J connectivity index is 1.98. The van der Waals surface area contributed by atoms with Gasteiger partial charge >= 0.3 is 0 Å². The van der Waals surface area contributed by atoms with Gasteiger partial charge in [0.05, 0.1) is 25.8 Å². The molecule has 29 heavy (non-hydrogen) atoms. The van der Waals surface area contributed by atoms with Crippen molar-refractivity contribution in [3.05, 3.63) is 30.3 Å². The molecule has 0 saturated heterocycles. The van der Waals surface area contributed by atoms with Crippen LogP contribution in [-0.2, 0) is 0 Å². The van der Waals surface area contributed by atoms with E-state index in [0.717, 1.165) is 10.2 Å². The first kappa shape index (κ1) is 25.9. The highest BCUT2D eigenvalue weighted by molar-refractivity contribution is 5.55. The average molecular weight is 402 g/mol. The van der Waals surface area contributed by atoms with Gasteiger partial charge in [-0.05, 0) is 31.9 Å². The monoisotopic (exact) mass is 401 g/mol. The summed E-state index contributed by atoms with van der Waals surface area (Å²) in [5.74, 6) is 0. The first-order chi connectivity index (χ1) is 14.1. The number of rotatable bonds is 18. The predicted molar refractivity (Wildman–Crippen MR) is 131 cm³/mol. The Labute approximate surface area is 182 Å². The van der Waals surface area contributed by atoms with E-state index in [9.17, 15) is 0 Å². The standard InChI is InChI=1S/C27H49N2/c1-5-6-7-8-9-10-11-12-13-14-15-16-17-19-22-26(2)29(3,4)25-28-27-23-20-18-21-24-27/h18,20-21,23-26H,5-17,19,22H2,1-4H3/q+1. The van der Waals surface area contributed by atoms with E-state index in [4.69, 9.17) is 0 Å². The topological polar surface area (TPSA) is 12.4 Å². The second-order valence-electron chi connectivity index (χ2n) is 9.44. The van der Waals surface area contributed by atoms with Crippen molar-refractivity contribution in [1.29, 1.82) is 0 Å². The quantitative estimate of drug-likeness (QED) is 0.101. The second kappa shape index (κ2) is 16.6. The molecule has 0 amide bonds. The third-order valence-corrected chi connectivity index (χ3v) is 6.37. The molecular weight excluding hydrogens is 352 g/mol. The van der Waals surface area contributed by atoms with Crippen molar-refractivity contribution in [2.45, 2.75) is 116 Å². The third-order valence-electron chi connectivity index (χ3n) is 6.37. The summed E-state index contributed by atoms with van der Waals surface area (Å²) in [5.41, 5.74) is 1.04. The molecule has 0 saturated carbocycles. The van der Waals surface area contributed by atoms with E-state index >= 15 is 0 Å². The average Bonchev–Trinajstić information content (AvgIpc) is 2.73. The number of para-hydroxylation sites is 1. The van der Waals surface area contributed by atoms with E-state index < -0.39 is 0 Å². The summed E-state index contributed by atoms with van der Waals surface area (Å²) >= 11 is 0. The molecule has 1 unspecified atom stereocenters. The van der Waals surface area contributed by atoms with Crippen molar-refractivity contribution >= 4 is 12.0 Å². The highest BCUT2D eigenvalue weighted by Crippen LogP contribution is 2.17. The molecule has 0 heterocycles. The van der Waals surface area contributed by atoms with E-state index in [0.29, 0.717) is 6.04 Å². The molecule has 1 rings (SSSR count). The lowest BCUT2D eigenvalue weighted by molar-refractivity contribution is -0.818. The van der Waals surface area contributed by atoms with Gasteiger partial charge in [-0.15, -0.1) is 0 Å². The van der Waals surface area contributed by atoms with E-state index in [1.807, 2.05) is 18.2 Å². The van der Waals surface area contributed by atoms with E-state index in [2.05, 4.69) is 51.4 Å². The van der Waals surface area contributed by atoms with Crippen LogP contribution < -0.4 is 0 Å². The van der Waals surface area contributed by atoms with Crippen LogP contribution >= 0.6 is 0 Å². The summed E-state index contributed by atoms with van der Waals surface area (Å²) in [6.45, 7) is 4.65. The summed E-state index contributed by atoms with van der Waals surface area (Å²) in [6, 6.07) is 10.9. The van der Waals surface area contributed by atoms with Crippen LogP contribution in [0.2, 0.25) is 0 Å². The zero-order valence-electron chi connectivity index (χ0n) is 20.0. The van der Waals surface area contributed by atoms with Gasteiger partial charge in [-0.1, -0.05) is 109 Å². The van der Waals surface area contributed by atoms with Gasteiger partial charge in [0.2, 0.25) is 0 Å². The van der Waals surface area contributed by atoms with Gasteiger partial charge in [0.25, 0.3) is 0 Å². The maximum absolute atomic E-state index is 4.66. The van der Waals surface area contributed by atoms with Crippen molar-refractivity contribution in [2.75, 3.05) is 14.1 Å². The summed E-state index contributed by atoms with van der Waals surface area (Å²) in [4.78, 5) is 4.66. The number of hydrogen-bond donors (Lipinski definition) is 0. The zero-order chi connectivity index (χ0) is 21.2. The fourth-order valence-electron chi connectivity index (χ4n) is 3.81. The highest BCUT2D eigenvalue weighted by Gasteiger charge is 2.21. The molecule has 0 aromatic heterocycles. The van der Waals surface area contributed by atoms with E-state index in [1.54, 1.807) is 0 Å². The minimum Gasteiger partial charge on any atom is -0.284 e. The van der Waals surface area contributed by atoms with Crippen molar-refractivity contribution in [2.24, 2.45) is 4.99 Å². The molecule has 1 atom stereocenters. The van der Waals surface area contributed by atoms with Gasteiger partial charge in [0, 0.05) is 0 Å². The molecule has 2 nitrogen and oxygen atoms in total. The van der Waals surface area contributed by atoms with Gasteiger partial charge in [0.15, 0.2) is 6.34 Å². The summed E-state index contributed by atoms with van der Waals surface area (Å²) < 4.78 is 0.855. The van der Waals surface area contributed by atoms with Crippen LogP contribution in [0.15, 0.2) is 35.3 Å². The molecule has 0 spiro atoms. The lowest BCUT2D eigenvalue weighted by Crippen LogP contribution is -2.45. The number of benzene rings is 1. The van der Waals surface area contributed by atoms with Gasteiger partial charge in [-0.3, -0.25) is 4.48 Å². The van der Waals surface area contributed by atoms with Gasteiger partial charge in [0.1, 0.15) is 0 Å². The first-order valence-electron chi connectivity index (χ1n) is 12.5. The smallest absolute Gasteiger partial charge is 0.190 e. The first-order valence-corrected chi connectivity index (χ1v) is 12.5. The van der Waals surface area contributed by atoms with E-state index in [1.165, 1.54) is 96.3 Å². The van der Waals surface area contributed by atoms with E-state index in [-0.39, 0.29) is 0 Å². The van der Waals surface area contributed by atoms with Crippen molar-refractivity contribution in [3.63, 3.8) is 0 Å². The summed E-state index contributed by atoms with van der Waals surface area (Å²) in [6.07, 6.45) is 23.4. The highest BCUT2D eigenvalue weighted by atomic mass is 15.3. The molecular formula is C27H49N2+. The van der Waals surface area contributed by atoms with Gasteiger partial charge < -0.3 is 0 Å². The molecule has 1 aromatic rings. The Kier molecular flexibility index (Phi) is 14.8. The number of aliphatic imine (C=N–C) groups is 1. The minimum atomic E-state index is 0.611. The summed E-state index contributed by atoms with van der Waals surface area (Å²) in [7, 11) is 4.53. The maximum atomic E-state index is 4.66. The molecule has 2 heteroatoms. The third kappa shape index (κ3) is 13.7. The number of nitrogens with zero attached hydrogens (tertiary/aromatic N) is 2. The minimum absolute atomic E-state index is 0.611. The van der Waals surface area contributed by atoms with Crippen LogP contribution in [0.1, 0.15) is 110 Å². The number of hydrogen-bond acceptors (Lipinski definition) is 1. The normalized spacial score (nSPS) is 13.2. The fraction of sp³-hybridized carbons (Fsp3) is 0.741. The molecule has 1 aromatic carbocycles. The van der Waals surface area contributed by atoms with Crippen molar-refractivity contribution in [3.8, 4) is 0 Å². The SMILES string of the molecule is CCCCCCCCCCCCCCCCC(C)[N+](C)(C)C=Nc1ccccc1. The molecule has 0 fully saturated rings. The lowest BCUT2D eigenvalue weighted by Gasteiger charge is -2.31. The number of quaternary nitrogens is 1. The van der Waals surface area contributed by atoms with Crippen LogP contribution in [0.4, 0.5) is 5.69 Å². The molecule has 0 N–H and O–H groups in total. The van der Waals surface area contributed by atoms with Crippen LogP contribution in [0, 0.1) is 0 Å². The number of unbranched alkanes of at least 4 members (excludes halogenated alkanes) is 13. The van der Waals surface area contributed by atoms with Gasteiger partial charge in [-0.2, -0.15) is 0 Å². The lowest BCUT2D eigenvalue weighted by atomic mass is 10.0. The largest absolute Gasteiger partial charge is 0.284 e. The van der Waals surface area contributed by atoms with Crippen molar-refractivity contribution in [1.82, 2.24) is 0 Å². The molecule has 166 valence electrons. The van der Waals surface area contributed by atoms with Crippen LogP contribution in [0.25, 0.3) is 0 Å².